The van der Waals surface area contributed by atoms with Gasteiger partial charge in [-0.2, -0.15) is 11.8 Å². The zero-order chi connectivity index (χ0) is 17.5. The quantitative estimate of drug-likeness (QED) is 0.828. The first-order valence-electron chi connectivity index (χ1n) is 7.75. The zero-order valence-electron chi connectivity index (χ0n) is 13.9. The van der Waals surface area contributed by atoms with Gasteiger partial charge >= 0.3 is 5.97 Å². The number of carboxylic acids is 1. The molecule has 1 N–H and O–H groups in total. The van der Waals surface area contributed by atoms with E-state index < -0.39 is 5.97 Å². The summed E-state index contributed by atoms with van der Waals surface area (Å²) < 4.78 is 0. The number of carbonyl (C=O) groups excluding carboxylic acids is 1. The molecule has 0 aliphatic carbocycles. The van der Waals surface area contributed by atoms with Crippen molar-refractivity contribution in [2.24, 2.45) is 0 Å². The minimum absolute atomic E-state index is 0.0491. The topological polar surface area (TPSA) is 57.6 Å². The molecule has 126 valence electrons. The summed E-state index contributed by atoms with van der Waals surface area (Å²) in [5.74, 6) is 1.03. The Kier molecular flexibility index (Phi) is 6.44. The molecule has 0 radical (unpaired) electrons. The van der Waals surface area contributed by atoms with Gasteiger partial charge < -0.3 is 10.0 Å². The maximum Gasteiger partial charge on any atom is 0.335 e. The van der Waals surface area contributed by atoms with Crippen molar-refractivity contribution < 1.29 is 14.7 Å². The summed E-state index contributed by atoms with van der Waals surface area (Å²) in [5.41, 5.74) is 3.01. The summed E-state index contributed by atoms with van der Waals surface area (Å²) in [5, 5.41) is 8.90. The largest absolute Gasteiger partial charge is 0.478 e. The summed E-state index contributed by atoms with van der Waals surface area (Å²) in [4.78, 5) is 25.0. The van der Waals surface area contributed by atoms with Crippen LogP contribution in [-0.2, 0) is 12.3 Å². The van der Waals surface area contributed by atoms with E-state index in [9.17, 15) is 9.59 Å². The van der Waals surface area contributed by atoms with Gasteiger partial charge in [0.25, 0.3) is 5.91 Å². The third-order valence-electron chi connectivity index (χ3n) is 3.64. The lowest BCUT2D eigenvalue weighted by Crippen LogP contribution is -2.26. The predicted octanol–water partition coefficient (Wildman–Crippen LogP) is 3.91. The van der Waals surface area contributed by atoms with Crippen molar-refractivity contribution in [3.05, 3.63) is 70.8 Å². The van der Waals surface area contributed by atoms with Gasteiger partial charge in [0, 0.05) is 24.9 Å². The molecule has 4 nitrogen and oxygen atoms in total. The SMILES string of the molecule is CCSCc1ccc(C(=O)N(C)Cc2ccc(C(=O)O)cc2)cc1. The van der Waals surface area contributed by atoms with Crippen molar-refractivity contribution in [1.82, 2.24) is 4.90 Å². The van der Waals surface area contributed by atoms with Crippen molar-refractivity contribution in [2.75, 3.05) is 12.8 Å². The van der Waals surface area contributed by atoms with E-state index in [1.54, 1.807) is 36.2 Å². The number of carboxylic acid groups (broad SMARTS) is 1. The van der Waals surface area contributed by atoms with E-state index in [0.29, 0.717) is 12.1 Å². The Bertz CT molecular complexity index is 696. The van der Waals surface area contributed by atoms with Crippen LogP contribution < -0.4 is 0 Å². The summed E-state index contributed by atoms with van der Waals surface area (Å²) in [6.45, 7) is 2.56. The second-order valence-corrected chi connectivity index (χ2v) is 6.77. The molecule has 2 aromatic rings. The van der Waals surface area contributed by atoms with Crippen molar-refractivity contribution in [2.45, 2.75) is 19.2 Å². The molecule has 0 spiro atoms. The van der Waals surface area contributed by atoms with Gasteiger partial charge in [0.2, 0.25) is 0 Å². The fourth-order valence-corrected chi connectivity index (χ4v) is 2.91. The number of hydrogen-bond acceptors (Lipinski definition) is 3. The first-order valence-corrected chi connectivity index (χ1v) is 8.91. The molecule has 0 saturated carbocycles. The van der Waals surface area contributed by atoms with Crippen LogP contribution >= 0.6 is 11.8 Å². The Labute approximate surface area is 146 Å². The van der Waals surface area contributed by atoms with Crippen LogP contribution in [0.3, 0.4) is 0 Å². The maximum absolute atomic E-state index is 12.5. The Balaban J connectivity index is 1.99. The normalized spacial score (nSPS) is 10.4. The number of benzene rings is 2. The average molecular weight is 343 g/mol. The number of rotatable bonds is 7. The lowest BCUT2D eigenvalue weighted by molar-refractivity contribution is 0.0695. The smallest absolute Gasteiger partial charge is 0.335 e. The van der Waals surface area contributed by atoms with E-state index >= 15 is 0 Å². The fraction of sp³-hybridized carbons (Fsp3) is 0.263. The first-order chi connectivity index (χ1) is 11.5. The molecule has 24 heavy (non-hydrogen) atoms. The maximum atomic E-state index is 12.5. The molecule has 0 heterocycles. The summed E-state index contributed by atoms with van der Waals surface area (Å²) in [7, 11) is 1.74. The van der Waals surface area contributed by atoms with Crippen LogP contribution in [0.25, 0.3) is 0 Å². The number of thioether (sulfide) groups is 1. The zero-order valence-corrected chi connectivity index (χ0v) is 14.7. The van der Waals surface area contributed by atoms with Crippen LogP contribution in [0.1, 0.15) is 38.8 Å². The third-order valence-corrected chi connectivity index (χ3v) is 4.59. The molecule has 5 heteroatoms. The Hall–Kier alpha value is -2.27. The van der Waals surface area contributed by atoms with Gasteiger partial charge in [0.1, 0.15) is 0 Å². The molecule has 0 atom stereocenters. The predicted molar refractivity (Wildman–Crippen MR) is 97.5 cm³/mol. The highest BCUT2D eigenvalue weighted by atomic mass is 32.2. The third kappa shape index (κ3) is 4.86. The van der Waals surface area contributed by atoms with Gasteiger partial charge in [-0.15, -0.1) is 0 Å². The van der Waals surface area contributed by atoms with E-state index in [4.69, 9.17) is 5.11 Å². The van der Waals surface area contributed by atoms with E-state index in [1.165, 1.54) is 5.56 Å². The summed E-state index contributed by atoms with van der Waals surface area (Å²) in [6.07, 6.45) is 0. The number of hydrogen-bond donors (Lipinski definition) is 1. The van der Waals surface area contributed by atoms with E-state index in [2.05, 4.69) is 6.92 Å². The highest BCUT2D eigenvalue weighted by molar-refractivity contribution is 7.98. The van der Waals surface area contributed by atoms with Crippen LogP contribution in [0.15, 0.2) is 48.5 Å². The Morgan fingerprint density at radius 2 is 1.50 bits per heavy atom. The van der Waals surface area contributed by atoms with Crippen LogP contribution in [0.5, 0.6) is 0 Å². The molecule has 0 aliphatic heterocycles. The highest BCUT2D eigenvalue weighted by Crippen LogP contribution is 2.15. The van der Waals surface area contributed by atoms with Crippen molar-refractivity contribution >= 4 is 23.6 Å². The molecule has 2 aromatic carbocycles. The van der Waals surface area contributed by atoms with E-state index in [0.717, 1.165) is 17.1 Å². The molecule has 0 bridgehead atoms. The monoisotopic (exact) mass is 343 g/mol. The van der Waals surface area contributed by atoms with Gasteiger partial charge in [-0.1, -0.05) is 31.2 Å². The minimum atomic E-state index is -0.952. The molecule has 1 amide bonds. The van der Waals surface area contributed by atoms with Crippen LogP contribution in [0.2, 0.25) is 0 Å². The lowest BCUT2D eigenvalue weighted by Gasteiger charge is -2.17. The minimum Gasteiger partial charge on any atom is -0.478 e. The first kappa shape index (κ1) is 18.1. The molecule has 0 unspecified atom stereocenters. The van der Waals surface area contributed by atoms with Gasteiger partial charge in [0.15, 0.2) is 0 Å². The molecule has 0 aliphatic rings. The Morgan fingerprint density at radius 3 is 2.04 bits per heavy atom. The molecular weight excluding hydrogens is 322 g/mol. The summed E-state index contributed by atoms with van der Waals surface area (Å²) in [6, 6.07) is 14.3. The van der Waals surface area contributed by atoms with Gasteiger partial charge in [-0.3, -0.25) is 4.79 Å². The highest BCUT2D eigenvalue weighted by Gasteiger charge is 2.12. The standard InChI is InChI=1S/C19H21NO3S/c1-3-24-13-15-6-8-16(9-7-15)18(21)20(2)12-14-4-10-17(11-5-14)19(22)23/h4-11H,3,12-13H2,1-2H3,(H,22,23). The van der Waals surface area contributed by atoms with Crippen molar-refractivity contribution in [3.8, 4) is 0 Å². The molecule has 0 fully saturated rings. The molecule has 2 rings (SSSR count). The lowest BCUT2D eigenvalue weighted by atomic mass is 10.1. The van der Waals surface area contributed by atoms with Crippen LogP contribution in [-0.4, -0.2) is 34.7 Å². The van der Waals surface area contributed by atoms with Crippen molar-refractivity contribution in [3.63, 3.8) is 0 Å². The number of amides is 1. The number of aromatic carboxylic acids is 1. The molecular formula is C19H21NO3S. The second kappa shape index (κ2) is 8.55. The van der Waals surface area contributed by atoms with Crippen LogP contribution in [0.4, 0.5) is 0 Å². The van der Waals surface area contributed by atoms with Gasteiger partial charge in [0.05, 0.1) is 5.56 Å². The van der Waals surface area contributed by atoms with Crippen LogP contribution in [0, 0.1) is 0 Å². The number of nitrogens with zero attached hydrogens (tertiary/aromatic N) is 1. The molecule has 0 saturated heterocycles. The second-order valence-electron chi connectivity index (χ2n) is 5.50. The Morgan fingerprint density at radius 1 is 0.958 bits per heavy atom. The van der Waals surface area contributed by atoms with Crippen molar-refractivity contribution in [1.29, 1.82) is 0 Å². The number of carbonyl (C=O) groups is 2. The van der Waals surface area contributed by atoms with E-state index in [1.807, 2.05) is 36.0 Å². The summed E-state index contributed by atoms with van der Waals surface area (Å²) >= 11 is 1.85. The van der Waals surface area contributed by atoms with E-state index in [-0.39, 0.29) is 11.5 Å². The van der Waals surface area contributed by atoms with Gasteiger partial charge in [-0.25, -0.2) is 4.79 Å². The fourth-order valence-electron chi connectivity index (χ4n) is 2.28. The van der Waals surface area contributed by atoms with Gasteiger partial charge in [-0.05, 0) is 41.1 Å². The molecule has 0 aromatic heterocycles. The average Bonchev–Trinajstić information content (AvgIpc) is 2.60.